The fourth-order valence-electron chi connectivity index (χ4n) is 4.19. The van der Waals surface area contributed by atoms with E-state index in [1.165, 1.54) is 25.5 Å². The van der Waals surface area contributed by atoms with E-state index < -0.39 is 23.9 Å². The summed E-state index contributed by atoms with van der Waals surface area (Å²) in [7, 11) is 1.43. The lowest BCUT2D eigenvalue weighted by Crippen LogP contribution is -2.45. The lowest BCUT2D eigenvalue weighted by atomic mass is 9.95. The van der Waals surface area contributed by atoms with E-state index in [1.807, 2.05) is 0 Å². The minimum absolute atomic E-state index is 0.179. The number of urea groups is 1. The number of hydrogen-bond donors (Lipinski definition) is 3. The van der Waals surface area contributed by atoms with Gasteiger partial charge in [0, 0.05) is 5.70 Å². The van der Waals surface area contributed by atoms with Crippen molar-refractivity contribution in [1.29, 1.82) is 0 Å². The molecule has 1 atom stereocenters. The predicted octanol–water partition coefficient (Wildman–Crippen LogP) is 4.13. The summed E-state index contributed by atoms with van der Waals surface area (Å²) < 4.78 is 35.0. The van der Waals surface area contributed by atoms with Crippen LogP contribution in [0.2, 0.25) is 0 Å². The smallest absolute Gasteiger partial charge is 0.338 e. The average Bonchev–Trinajstić information content (AvgIpc) is 2.99. The van der Waals surface area contributed by atoms with E-state index in [-0.39, 0.29) is 37.0 Å². The molecule has 0 saturated heterocycles. The summed E-state index contributed by atoms with van der Waals surface area (Å²) >= 11 is 0. The van der Waals surface area contributed by atoms with Gasteiger partial charge < -0.3 is 29.6 Å². The van der Waals surface area contributed by atoms with Crippen LogP contribution in [0.5, 0.6) is 17.2 Å². The largest absolute Gasteiger partial charge is 0.493 e. The van der Waals surface area contributed by atoms with E-state index in [4.69, 9.17) is 18.9 Å². The molecule has 1 aliphatic heterocycles. The van der Waals surface area contributed by atoms with Gasteiger partial charge in [0.05, 0.1) is 31.5 Å². The molecule has 0 bridgehead atoms. The van der Waals surface area contributed by atoms with E-state index >= 15 is 0 Å². The third kappa shape index (κ3) is 8.32. The van der Waals surface area contributed by atoms with Gasteiger partial charge in [-0.25, -0.2) is 19.4 Å². The maximum atomic E-state index is 13.1. The van der Waals surface area contributed by atoms with Crippen molar-refractivity contribution >= 4 is 24.1 Å². The minimum atomic E-state index is -0.778. The Balaban J connectivity index is 1.33. The topological polar surface area (TPSA) is 137 Å². The van der Waals surface area contributed by atoms with E-state index in [0.717, 1.165) is 5.56 Å². The highest BCUT2D eigenvalue weighted by atomic mass is 19.1. The Morgan fingerprint density at radius 2 is 1.84 bits per heavy atom. The summed E-state index contributed by atoms with van der Waals surface area (Å²) in [6.07, 6.45) is 1.46. The normalized spacial score (nSPS) is 14.5. The van der Waals surface area contributed by atoms with E-state index in [1.54, 1.807) is 68.4 Å². The number of ether oxygens (including phenoxy) is 4. The molecule has 0 unspecified atom stereocenters. The number of esters is 1. The van der Waals surface area contributed by atoms with Crippen molar-refractivity contribution in [3.63, 3.8) is 0 Å². The Kier molecular flexibility index (Phi) is 10.3. The number of hydrogen-bond acceptors (Lipinski definition) is 8. The zero-order valence-corrected chi connectivity index (χ0v) is 23.8. The molecule has 3 aromatic carbocycles. The number of benzene rings is 3. The maximum absolute atomic E-state index is 13.1. The Morgan fingerprint density at radius 3 is 2.58 bits per heavy atom. The number of carbonyl (C=O) groups excluding carboxylic acids is 3. The van der Waals surface area contributed by atoms with Crippen molar-refractivity contribution in [2.24, 2.45) is 5.10 Å². The van der Waals surface area contributed by atoms with E-state index in [0.29, 0.717) is 28.3 Å². The number of halogens is 1. The number of allylic oxidation sites excluding steroid dienone is 1. The van der Waals surface area contributed by atoms with Crippen LogP contribution in [0.25, 0.3) is 0 Å². The predicted molar refractivity (Wildman–Crippen MR) is 155 cm³/mol. The van der Waals surface area contributed by atoms with Crippen LogP contribution >= 0.6 is 0 Å². The minimum Gasteiger partial charge on any atom is -0.493 e. The zero-order valence-electron chi connectivity index (χ0n) is 23.8. The molecule has 43 heavy (non-hydrogen) atoms. The molecular weight excluding hydrogens is 559 g/mol. The van der Waals surface area contributed by atoms with Crippen molar-refractivity contribution < 1.29 is 37.7 Å². The lowest BCUT2D eigenvalue weighted by molar-refractivity contribution is -0.139. The molecule has 0 aromatic heterocycles. The summed E-state index contributed by atoms with van der Waals surface area (Å²) in [6.45, 7) is 3.41. The second-order valence-electron chi connectivity index (χ2n) is 9.27. The number of rotatable bonds is 12. The molecule has 4 rings (SSSR count). The number of methoxy groups -OCH3 is 1. The van der Waals surface area contributed by atoms with Crippen molar-refractivity contribution in [3.8, 4) is 17.2 Å². The van der Waals surface area contributed by atoms with Gasteiger partial charge in [0.2, 0.25) is 0 Å². The zero-order chi connectivity index (χ0) is 30.8. The summed E-state index contributed by atoms with van der Waals surface area (Å²) in [5.74, 6) is -0.232. The van der Waals surface area contributed by atoms with Crippen molar-refractivity contribution in [3.05, 3.63) is 101 Å². The highest BCUT2D eigenvalue weighted by molar-refractivity contribution is 5.95. The molecule has 0 spiro atoms. The molecule has 11 nitrogen and oxygen atoms in total. The lowest BCUT2D eigenvalue weighted by Gasteiger charge is -2.28. The van der Waals surface area contributed by atoms with Crippen molar-refractivity contribution in [2.45, 2.75) is 26.5 Å². The molecule has 0 saturated carbocycles. The van der Waals surface area contributed by atoms with Gasteiger partial charge in [0.15, 0.2) is 18.1 Å². The Labute approximate surface area is 247 Å². The van der Waals surface area contributed by atoms with Gasteiger partial charge in [0.1, 0.15) is 18.2 Å². The molecule has 3 amide bonds. The molecular formula is C31H31FN4O7. The van der Waals surface area contributed by atoms with Crippen LogP contribution in [0.4, 0.5) is 9.18 Å². The molecule has 0 radical (unpaired) electrons. The molecule has 1 aliphatic rings. The molecule has 12 heteroatoms. The van der Waals surface area contributed by atoms with Gasteiger partial charge in [-0.2, -0.15) is 5.10 Å². The standard InChI is InChI=1S/C31H31FN4O7/c1-4-41-30(38)28-19(2)34-31(39)35-29(28)22-10-13-25(26(15-22)40-3)43-18-27(37)36-33-16-21-6-5-7-24(14-21)42-17-20-8-11-23(32)12-9-20/h5-16,29H,4,17-18H2,1-3H3,(H,36,37)(H2,34,35,39)/b33-16+/t29-/m1/s1. The van der Waals surface area contributed by atoms with Crippen LogP contribution in [0.15, 0.2) is 83.1 Å². The summed E-state index contributed by atoms with van der Waals surface area (Å²) in [5.41, 5.74) is 5.11. The second-order valence-corrected chi connectivity index (χ2v) is 9.27. The SMILES string of the molecule is CCOC(=O)C1=C(C)NC(=O)N[C@@H]1c1ccc(OCC(=O)N/N=C/c2cccc(OCc3ccc(F)cc3)c2)c(OC)c1. The maximum Gasteiger partial charge on any atom is 0.338 e. The second kappa shape index (κ2) is 14.5. The number of amides is 3. The highest BCUT2D eigenvalue weighted by Gasteiger charge is 2.32. The first-order valence-corrected chi connectivity index (χ1v) is 13.3. The summed E-state index contributed by atoms with van der Waals surface area (Å²) in [6, 6.07) is 16.7. The van der Waals surface area contributed by atoms with Crippen LogP contribution in [0, 0.1) is 5.82 Å². The van der Waals surface area contributed by atoms with Gasteiger partial charge in [-0.05, 0) is 66.9 Å². The quantitative estimate of drug-likeness (QED) is 0.164. The van der Waals surface area contributed by atoms with Crippen molar-refractivity contribution in [1.82, 2.24) is 16.1 Å². The summed E-state index contributed by atoms with van der Waals surface area (Å²) in [4.78, 5) is 37.1. The Hall–Kier alpha value is -5.39. The first-order valence-electron chi connectivity index (χ1n) is 13.3. The van der Waals surface area contributed by atoms with Crippen LogP contribution in [-0.4, -0.2) is 44.4 Å². The van der Waals surface area contributed by atoms with Crippen LogP contribution in [0.1, 0.15) is 36.6 Å². The van der Waals surface area contributed by atoms with Crippen LogP contribution < -0.4 is 30.3 Å². The van der Waals surface area contributed by atoms with Crippen molar-refractivity contribution in [2.75, 3.05) is 20.3 Å². The molecule has 1 heterocycles. The number of nitrogens with zero attached hydrogens (tertiary/aromatic N) is 1. The first-order chi connectivity index (χ1) is 20.8. The monoisotopic (exact) mass is 590 g/mol. The van der Waals surface area contributed by atoms with Gasteiger partial charge in [-0.1, -0.05) is 30.3 Å². The van der Waals surface area contributed by atoms with E-state index in [9.17, 15) is 18.8 Å². The number of nitrogens with one attached hydrogen (secondary N) is 3. The van der Waals surface area contributed by atoms with Gasteiger partial charge in [0.25, 0.3) is 5.91 Å². The molecule has 3 aromatic rings. The fourth-order valence-corrected chi connectivity index (χ4v) is 4.19. The van der Waals surface area contributed by atoms with Gasteiger partial charge >= 0.3 is 12.0 Å². The molecule has 0 aliphatic carbocycles. The van der Waals surface area contributed by atoms with Crippen LogP contribution in [0.3, 0.4) is 0 Å². The third-order valence-corrected chi connectivity index (χ3v) is 6.22. The molecule has 224 valence electrons. The first kappa shape index (κ1) is 30.6. The van der Waals surface area contributed by atoms with Gasteiger partial charge in [-0.15, -0.1) is 0 Å². The fraction of sp³-hybridized carbons (Fsp3) is 0.226. The van der Waals surface area contributed by atoms with E-state index in [2.05, 4.69) is 21.2 Å². The Morgan fingerprint density at radius 1 is 1.05 bits per heavy atom. The third-order valence-electron chi connectivity index (χ3n) is 6.22. The molecule has 3 N–H and O–H groups in total. The number of hydrazone groups is 1. The average molecular weight is 591 g/mol. The number of carbonyl (C=O) groups is 3. The molecule has 0 fully saturated rings. The van der Waals surface area contributed by atoms with Gasteiger partial charge in [-0.3, -0.25) is 4.79 Å². The van der Waals surface area contributed by atoms with Crippen LogP contribution in [-0.2, 0) is 20.9 Å². The Bertz CT molecular complexity index is 1540. The summed E-state index contributed by atoms with van der Waals surface area (Å²) in [5, 5.41) is 9.28. The highest BCUT2D eigenvalue weighted by Crippen LogP contribution is 2.34.